The summed E-state index contributed by atoms with van der Waals surface area (Å²) in [6.45, 7) is 1.43. The van der Waals surface area contributed by atoms with Gasteiger partial charge < -0.3 is 10.2 Å². The first-order valence-electron chi connectivity index (χ1n) is 6.81. The van der Waals surface area contributed by atoms with Gasteiger partial charge in [-0.1, -0.05) is 6.07 Å². The van der Waals surface area contributed by atoms with Crippen LogP contribution in [0.4, 0.5) is 4.79 Å². The number of amides is 2. The van der Waals surface area contributed by atoms with E-state index in [1.807, 2.05) is 34.5 Å². The molecule has 2 amide bonds. The number of urea groups is 1. The number of aromatic nitrogens is 1. The molecule has 0 bridgehead atoms. The Morgan fingerprint density at radius 1 is 1.40 bits per heavy atom. The van der Waals surface area contributed by atoms with Crippen LogP contribution in [0, 0.1) is 0 Å². The molecule has 1 saturated heterocycles. The van der Waals surface area contributed by atoms with Crippen LogP contribution in [0.25, 0.3) is 0 Å². The van der Waals surface area contributed by atoms with Gasteiger partial charge in [0.25, 0.3) is 0 Å². The van der Waals surface area contributed by atoms with Crippen molar-refractivity contribution in [3.8, 4) is 0 Å². The lowest BCUT2D eigenvalue weighted by atomic mass is 10.1. The van der Waals surface area contributed by atoms with E-state index in [0.717, 1.165) is 19.4 Å². The zero-order valence-corrected chi connectivity index (χ0v) is 12.0. The number of nitrogens with one attached hydrogen (secondary N) is 1. The van der Waals surface area contributed by atoms with Gasteiger partial charge in [0.2, 0.25) is 0 Å². The van der Waals surface area contributed by atoms with Gasteiger partial charge in [0.15, 0.2) is 0 Å². The molecule has 3 rings (SSSR count). The summed E-state index contributed by atoms with van der Waals surface area (Å²) < 4.78 is 0. The Balaban J connectivity index is 1.64. The van der Waals surface area contributed by atoms with Gasteiger partial charge in [-0.25, -0.2) is 4.79 Å². The second-order valence-electron chi connectivity index (χ2n) is 4.87. The molecule has 0 unspecified atom stereocenters. The van der Waals surface area contributed by atoms with E-state index in [9.17, 15) is 4.79 Å². The van der Waals surface area contributed by atoms with Crippen molar-refractivity contribution in [2.75, 3.05) is 6.54 Å². The van der Waals surface area contributed by atoms with Crippen molar-refractivity contribution in [1.29, 1.82) is 0 Å². The molecule has 0 radical (unpaired) electrons. The SMILES string of the molecule is O=C(NCc1cccs1)N1CCC[C@H]1c1ccncc1. The highest BCUT2D eigenvalue weighted by molar-refractivity contribution is 7.09. The largest absolute Gasteiger partial charge is 0.333 e. The van der Waals surface area contributed by atoms with Gasteiger partial charge in [0, 0.05) is 23.8 Å². The molecule has 1 aliphatic rings. The van der Waals surface area contributed by atoms with Crippen LogP contribution >= 0.6 is 11.3 Å². The van der Waals surface area contributed by atoms with E-state index in [2.05, 4.69) is 10.3 Å². The smallest absolute Gasteiger partial charge is 0.318 e. The average Bonchev–Trinajstić information content (AvgIpc) is 3.17. The number of pyridine rings is 1. The summed E-state index contributed by atoms with van der Waals surface area (Å²) in [4.78, 5) is 19.5. The van der Waals surface area contributed by atoms with Crippen LogP contribution in [-0.4, -0.2) is 22.5 Å². The number of rotatable bonds is 3. The molecule has 20 heavy (non-hydrogen) atoms. The van der Waals surface area contributed by atoms with Gasteiger partial charge in [-0.2, -0.15) is 0 Å². The minimum Gasteiger partial charge on any atom is -0.333 e. The number of carbonyl (C=O) groups excluding carboxylic acids is 1. The third kappa shape index (κ3) is 2.82. The fourth-order valence-electron chi connectivity index (χ4n) is 2.62. The van der Waals surface area contributed by atoms with Gasteiger partial charge >= 0.3 is 6.03 Å². The zero-order valence-electron chi connectivity index (χ0n) is 11.2. The molecule has 0 aliphatic carbocycles. The normalized spacial score (nSPS) is 18.2. The topological polar surface area (TPSA) is 45.2 Å². The monoisotopic (exact) mass is 287 g/mol. The molecule has 2 aromatic rings. The number of likely N-dealkylation sites (tertiary alicyclic amines) is 1. The van der Waals surface area contributed by atoms with Crippen molar-refractivity contribution in [2.45, 2.75) is 25.4 Å². The van der Waals surface area contributed by atoms with Crippen molar-refractivity contribution in [3.05, 3.63) is 52.5 Å². The number of nitrogens with zero attached hydrogens (tertiary/aromatic N) is 2. The fourth-order valence-corrected chi connectivity index (χ4v) is 3.26. The number of hydrogen-bond donors (Lipinski definition) is 1. The minimum atomic E-state index is 0.0257. The first kappa shape index (κ1) is 13.1. The number of carbonyl (C=O) groups is 1. The van der Waals surface area contributed by atoms with Crippen molar-refractivity contribution >= 4 is 17.4 Å². The van der Waals surface area contributed by atoms with Gasteiger partial charge in [-0.05, 0) is 42.0 Å². The Labute approximate surface area is 122 Å². The molecule has 4 nitrogen and oxygen atoms in total. The molecular formula is C15H17N3OS. The highest BCUT2D eigenvalue weighted by Crippen LogP contribution is 2.31. The van der Waals surface area contributed by atoms with E-state index < -0.39 is 0 Å². The quantitative estimate of drug-likeness (QED) is 0.942. The maximum atomic E-state index is 12.3. The molecule has 0 spiro atoms. The Morgan fingerprint density at radius 3 is 3.00 bits per heavy atom. The van der Waals surface area contributed by atoms with Gasteiger partial charge in [-0.15, -0.1) is 11.3 Å². The van der Waals surface area contributed by atoms with Crippen LogP contribution in [0.3, 0.4) is 0 Å². The summed E-state index contributed by atoms with van der Waals surface area (Å²) in [7, 11) is 0. The molecule has 2 aromatic heterocycles. The Bertz CT molecular complexity index is 556. The van der Waals surface area contributed by atoms with Crippen LogP contribution in [0.15, 0.2) is 42.0 Å². The third-order valence-corrected chi connectivity index (χ3v) is 4.47. The van der Waals surface area contributed by atoms with Crippen molar-refractivity contribution in [1.82, 2.24) is 15.2 Å². The molecule has 1 atom stereocenters. The standard InChI is InChI=1S/C15H17N3OS/c19-15(17-11-13-3-2-10-20-13)18-9-1-4-14(18)12-5-7-16-8-6-12/h2-3,5-8,10,14H,1,4,9,11H2,(H,17,19)/t14-/m0/s1. The van der Waals surface area contributed by atoms with Crippen LogP contribution in [0.1, 0.15) is 29.3 Å². The molecular weight excluding hydrogens is 270 g/mol. The summed E-state index contributed by atoms with van der Waals surface area (Å²) >= 11 is 1.66. The molecule has 104 valence electrons. The van der Waals surface area contributed by atoms with E-state index in [4.69, 9.17) is 0 Å². The van der Waals surface area contributed by atoms with E-state index in [-0.39, 0.29) is 12.1 Å². The van der Waals surface area contributed by atoms with Gasteiger partial charge in [0.1, 0.15) is 0 Å². The molecule has 0 saturated carbocycles. The van der Waals surface area contributed by atoms with Gasteiger partial charge in [0.05, 0.1) is 12.6 Å². The molecule has 1 N–H and O–H groups in total. The first-order valence-corrected chi connectivity index (χ1v) is 7.69. The lowest BCUT2D eigenvalue weighted by Crippen LogP contribution is -2.39. The van der Waals surface area contributed by atoms with E-state index in [0.29, 0.717) is 6.54 Å². The maximum Gasteiger partial charge on any atom is 0.318 e. The lowest BCUT2D eigenvalue weighted by Gasteiger charge is -2.25. The van der Waals surface area contributed by atoms with Crippen molar-refractivity contribution < 1.29 is 4.79 Å². The predicted molar refractivity (Wildman–Crippen MR) is 79.5 cm³/mol. The van der Waals surface area contributed by atoms with Crippen LogP contribution in [-0.2, 0) is 6.54 Å². The Hall–Kier alpha value is -1.88. The van der Waals surface area contributed by atoms with Crippen molar-refractivity contribution in [3.63, 3.8) is 0 Å². The molecule has 1 fully saturated rings. The average molecular weight is 287 g/mol. The number of thiophene rings is 1. The summed E-state index contributed by atoms with van der Waals surface area (Å²) in [5.41, 5.74) is 1.17. The van der Waals surface area contributed by atoms with Crippen molar-refractivity contribution in [2.24, 2.45) is 0 Å². The fraction of sp³-hybridized carbons (Fsp3) is 0.333. The molecule has 1 aliphatic heterocycles. The summed E-state index contributed by atoms with van der Waals surface area (Å²) in [6, 6.07) is 8.24. The second kappa shape index (κ2) is 6.05. The second-order valence-corrected chi connectivity index (χ2v) is 5.90. The van der Waals surface area contributed by atoms with E-state index in [1.165, 1.54) is 10.4 Å². The minimum absolute atomic E-state index is 0.0257. The van der Waals surface area contributed by atoms with Gasteiger partial charge in [-0.3, -0.25) is 4.98 Å². The first-order chi connectivity index (χ1) is 9.84. The predicted octanol–water partition coefficient (Wildman–Crippen LogP) is 3.19. The molecule has 0 aromatic carbocycles. The third-order valence-electron chi connectivity index (χ3n) is 3.60. The van der Waals surface area contributed by atoms with Crippen LogP contribution in [0.2, 0.25) is 0 Å². The van der Waals surface area contributed by atoms with E-state index >= 15 is 0 Å². The lowest BCUT2D eigenvalue weighted by molar-refractivity contribution is 0.192. The van der Waals surface area contributed by atoms with E-state index in [1.54, 1.807) is 23.7 Å². The molecule has 5 heteroatoms. The maximum absolute atomic E-state index is 12.3. The Kier molecular flexibility index (Phi) is 3.97. The number of hydrogen-bond acceptors (Lipinski definition) is 3. The highest BCUT2D eigenvalue weighted by Gasteiger charge is 2.29. The summed E-state index contributed by atoms with van der Waals surface area (Å²) in [5, 5.41) is 5.03. The summed E-state index contributed by atoms with van der Waals surface area (Å²) in [6.07, 6.45) is 5.65. The Morgan fingerprint density at radius 2 is 2.25 bits per heavy atom. The molecule has 3 heterocycles. The zero-order chi connectivity index (χ0) is 13.8. The summed E-state index contributed by atoms with van der Waals surface area (Å²) in [5.74, 6) is 0. The van der Waals surface area contributed by atoms with Crippen LogP contribution < -0.4 is 5.32 Å². The van der Waals surface area contributed by atoms with Crippen LogP contribution in [0.5, 0.6) is 0 Å². The highest BCUT2D eigenvalue weighted by atomic mass is 32.1.